The predicted octanol–water partition coefficient (Wildman–Crippen LogP) is 4.57. The molecule has 0 saturated heterocycles. The molecule has 3 aromatic rings. The highest BCUT2D eigenvalue weighted by Crippen LogP contribution is 2.34. The Balaban J connectivity index is 1.99. The predicted molar refractivity (Wildman–Crippen MR) is 94.5 cm³/mol. The van der Waals surface area contributed by atoms with Crippen LogP contribution in [0.15, 0.2) is 59.5 Å². The number of nitrogens with one attached hydrogen (secondary N) is 1. The highest BCUT2D eigenvalue weighted by atomic mass is 35.5. The summed E-state index contributed by atoms with van der Waals surface area (Å²) >= 11 is 7.11. The first kappa shape index (κ1) is 16.0. The van der Waals surface area contributed by atoms with Crippen molar-refractivity contribution >= 4 is 38.0 Å². The zero-order valence-corrected chi connectivity index (χ0v) is 14.5. The third-order valence-electron chi connectivity index (χ3n) is 3.13. The Morgan fingerprint density at radius 1 is 1.04 bits per heavy atom. The summed E-state index contributed by atoms with van der Waals surface area (Å²) in [5, 5.41) is 1.78. The van der Waals surface area contributed by atoms with Crippen molar-refractivity contribution < 1.29 is 8.42 Å². The van der Waals surface area contributed by atoms with Crippen molar-refractivity contribution in [3.8, 4) is 11.3 Å². The monoisotopic (exact) mass is 364 g/mol. The number of hydrogen-bond donors (Lipinski definition) is 1. The maximum Gasteiger partial charge on any atom is 0.262 e. The molecule has 1 N–H and O–H groups in total. The van der Waals surface area contributed by atoms with Gasteiger partial charge in [0.15, 0.2) is 0 Å². The fraction of sp³-hybridized carbons (Fsp3) is 0.0625. The fourth-order valence-electron chi connectivity index (χ4n) is 2.08. The Kier molecular flexibility index (Phi) is 4.39. The maximum atomic E-state index is 12.5. The number of nitrogens with zero attached hydrogens (tertiary/aromatic N) is 1. The molecule has 7 heteroatoms. The zero-order valence-electron chi connectivity index (χ0n) is 12.2. The van der Waals surface area contributed by atoms with Gasteiger partial charge in [0.2, 0.25) is 0 Å². The fourth-order valence-corrected chi connectivity index (χ4v) is 4.35. The molecule has 4 nitrogen and oxygen atoms in total. The Morgan fingerprint density at radius 2 is 1.70 bits per heavy atom. The van der Waals surface area contributed by atoms with Crippen LogP contribution in [0, 0.1) is 6.92 Å². The van der Waals surface area contributed by atoms with Gasteiger partial charge in [-0.3, -0.25) is 4.72 Å². The first-order valence-electron chi connectivity index (χ1n) is 6.77. The van der Waals surface area contributed by atoms with Crippen LogP contribution < -0.4 is 4.72 Å². The minimum atomic E-state index is -3.69. The van der Waals surface area contributed by atoms with E-state index in [1.54, 1.807) is 12.1 Å². The molecule has 0 radical (unpaired) electrons. The number of aryl methyl sites for hydroxylation is 1. The van der Waals surface area contributed by atoms with Gasteiger partial charge in [-0.1, -0.05) is 41.9 Å². The van der Waals surface area contributed by atoms with Crippen molar-refractivity contribution in [2.45, 2.75) is 11.8 Å². The van der Waals surface area contributed by atoms with Gasteiger partial charge >= 0.3 is 0 Å². The summed E-state index contributed by atoms with van der Waals surface area (Å²) in [4.78, 5) is 4.60. The van der Waals surface area contributed by atoms with Crippen LogP contribution in [-0.4, -0.2) is 13.4 Å². The zero-order chi connectivity index (χ0) is 16.4. The number of sulfonamides is 1. The molecule has 0 atom stereocenters. The van der Waals surface area contributed by atoms with Gasteiger partial charge in [0.05, 0.1) is 9.90 Å². The van der Waals surface area contributed by atoms with Crippen LogP contribution >= 0.6 is 22.9 Å². The molecular formula is C16H13ClN2O2S2. The van der Waals surface area contributed by atoms with E-state index in [1.807, 2.05) is 37.3 Å². The number of benzene rings is 2. The van der Waals surface area contributed by atoms with E-state index in [-0.39, 0.29) is 4.90 Å². The van der Waals surface area contributed by atoms with Crippen molar-refractivity contribution in [2.75, 3.05) is 4.72 Å². The summed E-state index contributed by atoms with van der Waals surface area (Å²) in [5.74, 6) is 0. The second-order valence-corrected chi connectivity index (χ2v) is 8.16. The van der Waals surface area contributed by atoms with Crippen molar-refractivity contribution in [3.05, 3.63) is 64.6 Å². The van der Waals surface area contributed by atoms with Gasteiger partial charge in [-0.2, -0.15) is 0 Å². The van der Waals surface area contributed by atoms with Crippen LogP contribution in [0.4, 0.5) is 5.00 Å². The molecule has 0 aliphatic rings. The number of aromatic nitrogens is 1. The van der Waals surface area contributed by atoms with Crippen LogP contribution in [0.2, 0.25) is 5.02 Å². The van der Waals surface area contributed by atoms with Gasteiger partial charge < -0.3 is 0 Å². The molecule has 0 aliphatic heterocycles. The molecule has 0 amide bonds. The van der Waals surface area contributed by atoms with Gasteiger partial charge in [-0.05, 0) is 31.2 Å². The molecule has 23 heavy (non-hydrogen) atoms. The molecule has 118 valence electrons. The normalized spacial score (nSPS) is 11.4. The number of anilines is 1. The van der Waals surface area contributed by atoms with Crippen LogP contribution in [0.5, 0.6) is 0 Å². The Labute approximate surface area is 143 Å². The van der Waals surface area contributed by atoms with Crippen LogP contribution in [0.3, 0.4) is 0 Å². The lowest BCUT2D eigenvalue weighted by Crippen LogP contribution is -2.12. The Morgan fingerprint density at radius 3 is 2.35 bits per heavy atom. The van der Waals surface area contributed by atoms with Crippen LogP contribution in [-0.2, 0) is 10.0 Å². The van der Waals surface area contributed by atoms with Gasteiger partial charge in [-0.15, -0.1) is 11.3 Å². The second-order valence-electron chi connectivity index (χ2n) is 4.84. The molecule has 0 bridgehead atoms. The molecule has 0 fully saturated rings. The lowest BCUT2D eigenvalue weighted by Gasteiger charge is -2.08. The Hall–Kier alpha value is -1.89. The third kappa shape index (κ3) is 3.55. The molecule has 0 spiro atoms. The standard InChI is InChI=1S/C16H13ClN2O2S2/c1-11-18-15(12-5-3-2-4-6-12)16(22-11)19-23(20,21)14-9-7-13(17)8-10-14/h2-10,19H,1H3. The van der Waals surface area contributed by atoms with E-state index in [1.165, 1.54) is 23.5 Å². The first-order chi connectivity index (χ1) is 11.0. The van der Waals surface area contributed by atoms with E-state index < -0.39 is 10.0 Å². The maximum absolute atomic E-state index is 12.5. The number of rotatable bonds is 4. The Bertz CT molecular complexity index is 920. The second kappa shape index (κ2) is 6.31. The van der Waals surface area contributed by atoms with Crippen LogP contribution in [0.1, 0.15) is 5.01 Å². The van der Waals surface area contributed by atoms with Crippen molar-refractivity contribution in [3.63, 3.8) is 0 Å². The van der Waals surface area contributed by atoms with E-state index in [0.29, 0.717) is 15.7 Å². The molecule has 0 saturated carbocycles. The molecular weight excluding hydrogens is 352 g/mol. The average Bonchev–Trinajstić information content (AvgIpc) is 2.88. The molecule has 1 aromatic heterocycles. The highest BCUT2D eigenvalue weighted by molar-refractivity contribution is 7.93. The molecule has 2 aromatic carbocycles. The van der Waals surface area contributed by atoms with Crippen LogP contribution in [0.25, 0.3) is 11.3 Å². The molecule has 3 rings (SSSR count). The van der Waals surface area contributed by atoms with E-state index in [9.17, 15) is 8.42 Å². The third-order valence-corrected chi connectivity index (χ3v) is 5.77. The molecule has 0 aliphatic carbocycles. The quantitative estimate of drug-likeness (QED) is 0.737. The van der Waals surface area contributed by atoms with Gasteiger partial charge in [0.1, 0.15) is 10.7 Å². The summed E-state index contributed by atoms with van der Waals surface area (Å²) in [6.07, 6.45) is 0. The summed E-state index contributed by atoms with van der Waals surface area (Å²) in [7, 11) is -3.69. The molecule has 0 unspecified atom stereocenters. The van der Waals surface area contributed by atoms with E-state index in [0.717, 1.165) is 10.6 Å². The highest BCUT2D eigenvalue weighted by Gasteiger charge is 2.19. The summed E-state index contributed by atoms with van der Waals surface area (Å²) in [5.41, 5.74) is 1.50. The minimum absolute atomic E-state index is 0.159. The minimum Gasteiger partial charge on any atom is -0.268 e. The van der Waals surface area contributed by atoms with E-state index in [2.05, 4.69) is 9.71 Å². The van der Waals surface area contributed by atoms with Crippen molar-refractivity contribution in [1.29, 1.82) is 0 Å². The lowest BCUT2D eigenvalue weighted by atomic mass is 10.2. The number of halogens is 1. The topological polar surface area (TPSA) is 59.1 Å². The van der Waals surface area contributed by atoms with Gasteiger partial charge in [0.25, 0.3) is 10.0 Å². The summed E-state index contributed by atoms with van der Waals surface area (Å²) in [6, 6.07) is 15.5. The SMILES string of the molecule is Cc1nc(-c2ccccc2)c(NS(=O)(=O)c2ccc(Cl)cc2)s1. The summed E-state index contributed by atoms with van der Waals surface area (Å²) < 4.78 is 27.7. The van der Waals surface area contributed by atoms with Crippen molar-refractivity contribution in [2.24, 2.45) is 0 Å². The smallest absolute Gasteiger partial charge is 0.262 e. The van der Waals surface area contributed by atoms with Gasteiger partial charge in [-0.25, -0.2) is 13.4 Å². The first-order valence-corrected chi connectivity index (χ1v) is 9.45. The lowest BCUT2D eigenvalue weighted by molar-refractivity contribution is 0.601. The van der Waals surface area contributed by atoms with E-state index >= 15 is 0 Å². The summed E-state index contributed by atoms with van der Waals surface area (Å²) in [6.45, 7) is 1.84. The number of hydrogen-bond acceptors (Lipinski definition) is 4. The van der Waals surface area contributed by atoms with Crippen molar-refractivity contribution in [1.82, 2.24) is 4.98 Å². The largest absolute Gasteiger partial charge is 0.268 e. The molecule has 1 heterocycles. The average molecular weight is 365 g/mol. The van der Waals surface area contributed by atoms with Gasteiger partial charge in [0, 0.05) is 10.6 Å². The van der Waals surface area contributed by atoms with E-state index in [4.69, 9.17) is 11.6 Å². The number of thiazole rings is 1.